The van der Waals surface area contributed by atoms with E-state index in [0.29, 0.717) is 28.6 Å². The zero-order chi connectivity index (χ0) is 16.7. The number of carbonyl (C=O) groups excluding carboxylic acids is 1. The first-order valence-corrected chi connectivity index (χ1v) is 7.52. The van der Waals surface area contributed by atoms with E-state index in [9.17, 15) is 4.79 Å². The summed E-state index contributed by atoms with van der Waals surface area (Å²) in [6.45, 7) is 0.219. The van der Waals surface area contributed by atoms with Crippen molar-refractivity contribution < 1.29 is 28.5 Å². The first-order valence-electron chi connectivity index (χ1n) is 7.52. The molecule has 0 saturated carbocycles. The summed E-state index contributed by atoms with van der Waals surface area (Å²) in [6, 6.07) is 10.7. The second-order valence-electron chi connectivity index (χ2n) is 5.56. The molecule has 124 valence electrons. The minimum absolute atomic E-state index is 0.102. The van der Waals surface area contributed by atoms with Gasteiger partial charge in [-0.2, -0.15) is 0 Å². The fourth-order valence-electron chi connectivity index (χ4n) is 2.77. The quantitative estimate of drug-likeness (QED) is 0.621. The standard InChI is InChI=1S/C18H16O6/c1-20-12-5-11(6-13(8-12)21-2)16(19)18-17(24-18)10-3-4-14-15(7-10)23-9-22-14/h3-8,17-18H,9H2,1-2H3/t17-,18-/m0/s1. The maximum absolute atomic E-state index is 12.7. The third-order valence-corrected chi connectivity index (χ3v) is 4.11. The van der Waals surface area contributed by atoms with E-state index in [1.165, 1.54) is 0 Å². The fraction of sp³-hybridized carbons (Fsp3) is 0.278. The van der Waals surface area contributed by atoms with E-state index in [-0.39, 0.29) is 18.7 Å². The molecule has 4 rings (SSSR count). The van der Waals surface area contributed by atoms with E-state index in [1.807, 2.05) is 18.2 Å². The smallest absolute Gasteiger partial charge is 0.231 e. The summed E-state index contributed by atoms with van der Waals surface area (Å²) in [5, 5.41) is 0. The molecule has 0 N–H and O–H groups in total. The third-order valence-electron chi connectivity index (χ3n) is 4.11. The van der Waals surface area contributed by atoms with Gasteiger partial charge in [-0.05, 0) is 29.8 Å². The summed E-state index contributed by atoms with van der Waals surface area (Å²) in [4.78, 5) is 12.7. The lowest BCUT2D eigenvalue weighted by Gasteiger charge is -2.07. The van der Waals surface area contributed by atoms with Crippen LogP contribution in [0.3, 0.4) is 0 Å². The van der Waals surface area contributed by atoms with Crippen LogP contribution in [0, 0.1) is 0 Å². The highest BCUT2D eigenvalue weighted by Crippen LogP contribution is 2.44. The Bertz CT molecular complexity index is 778. The molecular weight excluding hydrogens is 312 g/mol. The van der Waals surface area contributed by atoms with Gasteiger partial charge >= 0.3 is 0 Å². The first-order chi connectivity index (χ1) is 11.7. The van der Waals surface area contributed by atoms with Crippen molar-refractivity contribution in [3.63, 3.8) is 0 Å². The molecule has 6 heteroatoms. The van der Waals surface area contributed by atoms with Gasteiger partial charge in [0.05, 0.1) is 14.2 Å². The average molecular weight is 328 g/mol. The van der Waals surface area contributed by atoms with E-state index in [4.69, 9.17) is 23.7 Å². The van der Waals surface area contributed by atoms with Crippen LogP contribution in [-0.2, 0) is 4.74 Å². The van der Waals surface area contributed by atoms with Crippen LogP contribution in [0.1, 0.15) is 22.0 Å². The highest BCUT2D eigenvalue weighted by molar-refractivity contribution is 6.02. The lowest BCUT2D eigenvalue weighted by molar-refractivity contribution is 0.0953. The van der Waals surface area contributed by atoms with Crippen LogP contribution in [0.15, 0.2) is 36.4 Å². The molecule has 2 atom stereocenters. The van der Waals surface area contributed by atoms with Crippen LogP contribution >= 0.6 is 0 Å². The van der Waals surface area contributed by atoms with Gasteiger partial charge in [0, 0.05) is 11.6 Å². The number of ketones is 1. The van der Waals surface area contributed by atoms with Gasteiger partial charge in [0.1, 0.15) is 17.6 Å². The second kappa shape index (κ2) is 5.72. The zero-order valence-corrected chi connectivity index (χ0v) is 13.3. The molecule has 0 bridgehead atoms. The number of rotatable bonds is 5. The van der Waals surface area contributed by atoms with E-state index in [0.717, 1.165) is 5.56 Å². The number of hydrogen-bond acceptors (Lipinski definition) is 6. The predicted octanol–water partition coefficient (Wildman–Crippen LogP) is 2.76. The monoisotopic (exact) mass is 328 g/mol. The summed E-state index contributed by atoms with van der Waals surface area (Å²) in [5.41, 5.74) is 1.40. The van der Waals surface area contributed by atoms with Crippen molar-refractivity contribution >= 4 is 5.78 Å². The van der Waals surface area contributed by atoms with Crippen molar-refractivity contribution in [1.29, 1.82) is 0 Å². The minimum atomic E-state index is -0.512. The Hall–Kier alpha value is -2.73. The van der Waals surface area contributed by atoms with Crippen LogP contribution < -0.4 is 18.9 Å². The topological polar surface area (TPSA) is 66.5 Å². The van der Waals surface area contributed by atoms with Crippen LogP contribution in [-0.4, -0.2) is 32.9 Å². The van der Waals surface area contributed by atoms with Crippen molar-refractivity contribution in [2.24, 2.45) is 0 Å². The summed E-state index contributed by atoms with van der Waals surface area (Å²) < 4.78 is 26.7. The number of carbonyl (C=O) groups is 1. The summed E-state index contributed by atoms with van der Waals surface area (Å²) in [7, 11) is 3.10. The SMILES string of the molecule is COc1cc(OC)cc(C(=O)[C@@H]2O[C@H]2c2ccc3c(c2)OCO3)c1. The second-order valence-corrected chi connectivity index (χ2v) is 5.56. The van der Waals surface area contributed by atoms with E-state index >= 15 is 0 Å². The number of Topliss-reactive ketones (excluding diaryl/α,β-unsaturated/α-hetero) is 1. The molecule has 0 spiro atoms. The van der Waals surface area contributed by atoms with Gasteiger partial charge in [0.15, 0.2) is 23.4 Å². The van der Waals surface area contributed by atoms with E-state index in [2.05, 4.69) is 0 Å². The van der Waals surface area contributed by atoms with Gasteiger partial charge in [-0.1, -0.05) is 6.07 Å². The predicted molar refractivity (Wildman–Crippen MR) is 84.1 cm³/mol. The molecule has 0 amide bonds. The molecule has 0 aliphatic carbocycles. The Labute approximate surface area is 138 Å². The molecule has 2 aliphatic heterocycles. The van der Waals surface area contributed by atoms with Gasteiger partial charge < -0.3 is 23.7 Å². The van der Waals surface area contributed by atoms with Gasteiger partial charge in [-0.25, -0.2) is 0 Å². The molecule has 1 saturated heterocycles. The molecular formula is C18H16O6. The normalized spacial score (nSPS) is 20.6. The third kappa shape index (κ3) is 2.55. The molecule has 2 aromatic carbocycles. The van der Waals surface area contributed by atoms with Crippen LogP contribution in [0.4, 0.5) is 0 Å². The van der Waals surface area contributed by atoms with E-state index in [1.54, 1.807) is 32.4 Å². The molecule has 6 nitrogen and oxygen atoms in total. The van der Waals surface area contributed by atoms with Gasteiger partial charge in [-0.3, -0.25) is 4.79 Å². The first kappa shape index (κ1) is 14.8. The van der Waals surface area contributed by atoms with Crippen molar-refractivity contribution in [1.82, 2.24) is 0 Å². The van der Waals surface area contributed by atoms with Gasteiger partial charge in [0.25, 0.3) is 0 Å². The number of methoxy groups -OCH3 is 2. The molecule has 0 unspecified atom stereocenters. The number of fused-ring (bicyclic) bond motifs is 1. The van der Waals surface area contributed by atoms with Crippen LogP contribution in [0.5, 0.6) is 23.0 Å². The van der Waals surface area contributed by atoms with Crippen LogP contribution in [0.25, 0.3) is 0 Å². The Balaban J connectivity index is 1.55. The van der Waals surface area contributed by atoms with Crippen molar-refractivity contribution in [3.8, 4) is 23.0 Å². The van der Waals surface area contributed by atoms with Gasteiger partial charge in [-0.15, -0.1) is 0 Å². The number of ether oxygens (including phenoxy) is 5. The molecule has 1 fully saturated rings. The molecule has 24 heavy (non-hydrogen) atoms. The van der Waals surface area contributed by atoms with Crippen LogP contribution in [0.2, 0.25) is 0 Å². The highest BCUT2D eigenvalue weighted by Gasteiger charge is 2.46. The summed E-state index contributed by atoms with van der Waals surface area (Å²) in [6.07, 6.45) is -0.786. The fourth-order valence-corrected chi connectivity index (χ4v) is 2.77. The van der Waals surface area contributed by atoms with E-state index < -0.39 is 6.10 Å². The lowest BCUT2D eigenvalue weighted by Crippen LogP contribution is -2.09. The Kier molecular flexibility index (Phi) is 3.54. The van der Waals surface area contributed by atoms with Gasteiger partial charge in [0.2, 0.25) is 6.79 Å². The Morgan fingerprint density at radius 2 is 1.71 bits per heavy atom. The largest absolute Gasteiger partial charge is 0.497 e. The lowest BCUT2D eigenvalue weighted by atomic mass is 10.0. The van der Waals surface area contributed by atoms with Crippen molar-refractivity contribution in [2.45, 2.75) is 12.2 Å². The summed E-state index contributed by atoms with van der Waals surface area (Å²) >= 11 is 0. The zero-order valence-electron chi connectivity index (χ0n) is 13.3. The summed E-state index contributed by atoms with van der Waals surface area (Å²) in [5.74, 6) is 2.42. The molecule has 0 radical (unpaired) electrons. The Morgan fingerprint density at radius 3 is 2.42 bits per heavy atom. The molecule has 2 aromatic rings. The molecule has 2 aliphatic rings. The van der Waals surface area contributed by atoms with Crippen molar-refractivity contribution in [2.75, 3.05) is 21.0 Å². The minimum Gasteiger partial charge on any atom is -0.497 e. The number of epoxide rings is 1. The molecule has 2 heterocycles. The maximum atomic E-state index is 12.7. The maximum Gasteiger partial charge on any atom is 0.231 e. The Morgan fingerprint density at radius 1 is 1.00 bits per heavy atom. The highest BCUT2D eigenvalue weighted by atomic mass is 16.7. The number of hydrogen-bond donors (Lipinski definition) is 0. The molecule has 0 aromatic heterocycles. The van der Waals surface area contributed by atoms with Crippen molar-refractivity contribution in [3.05, 3.63) is 47.5 Å². The number of benzene rings is 2. The average Bonchev–Trinajstić information content (AvgIpc) is 3.29.